The Kier molecular flexibility index (Phi) is 3.35. The second-order valence-corrected chi connectivity index (χ2v) is 5.23. The lowest BCUT2D eigenvalue weighted by Gasteiger charge is -2.19. The highest BCUT2D eigenvalue weighted by molar-refractivity contribution is 9.10. The highest BCUT2D eigenvalue weighted by Crippen LogP contribution is 2.37. The molecule has 1 unspecified atom stereocenters. The van der Waals surface area contributed by atoms with E-state index in [1.807, 2.05) is 0 Å². The van der Waals surface area contributed by atoms with E-state index in [-0.39, 0.29) is 0 Å². The summed E-state index contributed by atoms with van der Waals surface area (Å²) < 4.78 is 1.21. The summed E-state index contributed by atoms with van der Waals surface area (Å²) in [5.74, 6) is 0.905. The van der Waals surface area contributed by atoms with E-state index in [1.165, 1.54) is 35.0 Å². The number of anilines is 1. The van der Waals surface area contributed by atoms with Gasteiger partial charge in [0.1, 0.15) is 0 Å². The molecule has 0 bridgehead atoms. The smallest absolute Gasteiger partial charge is 0.0489 e. The average molecular weight is 268 g/mol. The van der Waals surface area contributed by atoms with Gasteiger partial charge in [-0.25, -0.2) is 0 Å². The highest BCUT2D eigenvalue weighted by Gasteiger charge is 2.30. The molecule has 1 aromatic carbocycles. The molecule has 1 aliphatic carbocycles. The molecule has 0 heterocycles. The Bertz CT molecular complexity index is 344. The molecule has 0 radical (unpaired) electrons. The van der Waals surface area contributed by atoms with Crippen LogP contribution >= 0.6 is 15.9 Å². The maximum atomic E-state index is 3.65. The largest absolute Gasteiger partial charge is 0.381 e. The van der Waals surface area contributed by atoms with Crippen LogP contribution in [0.1, 0.15) is 31.7 Å². The van der Waals surface area contributed by atoms with Gasteiger partial charge in [-0.3, -0.25) is 0 Å². The molecule has 1 atom stereocenters. The van der Waals surface area contributed by atoms with E-state index in [0.717, 1.165) is 5.92 Å². The molecular weight excluding hydrogens is 250 g/mol. The summed E-state index contributed by atoms with van der Waals surface area (Å²) >= 11 is 3.64. The molecule has 0 aromatic heterocycles. The van der Waals surface area contributed by atoms with Gasteiger partial charge in [-0.15, -0.1) is 0 Å². The molecule has 0 aliphatic heterocycles. The number of halogens is 1. The number of aryl methyl sites for hydroxylation is 1. The van der Waals surface area contributed by atoms with Gasteiger partial charge in [-0.05, 0) is 59.7 Å². The van der Waals surface area contributed by atoms with Crippen LogP contribution in [-0.4, -0.2) is 6.04 Å². The number of rotatable bonds is 4. The Morgan fingerprint density at radius 2 is 2.20 bits per heavy atom. The molecule has 0 amide bonds. The summed E-state index contributed by atoms with van der Waals surface area (Å²) in [5.41, 5.74) is 2.54. The Balaban J connectivity index is 2.11. The summed E-state index contributed by atoms with van der Waals surface area (Å²) in [6.45, 7) is 4.40. The average Bonchev–Trinajstić information content (AvgIpc) is 3.04. The van der Waals surface area contributed by atoms with Crippen LogP contribution in [0.5, 0.6) is 0 Å². The Morgan fingerprint density at radius 1 is 1.47 bits per heavy atom. The third-order valence-electron chi connectivity index (χ3n) is 3.16. The van der Waals surface area contributed by atoms with Crippen LogP contribution in [-0.2, 0) is 0 Å². The lowest BCUT2D eigenvalue weighted by Crippen LogP contribution is -2.20. The molecule has 1 saturated carbocycles. The SMILES string of the molecule is CCC(Nc1cccc(C)c1Br)C1CC1. The van der Waals surface area contributed by atoms with Crippen LogP contribution in [0.25, 0.3) is 0 Å². The second kappa shape index (κ2) is 4.56. The topological polar surface area (TPSA) is 12.0 Å². The van der Waals surface area contributed by atoms with Crippen molar-refractivity contribution in [2.24, 2.45) is 5.92 Å². The van der Waals surface area contributed by atoms with Crippen molar-refractivity contribution in [1.82, 2.24) is 0 Å². The zero-order valence-electron chi connectivity index (χ0n) is 9.39. The molecule has 2 heteroatoms. The predicted octanol–water partition coefficient (Wildman–Crippen LogP) is 4.36. The maximum Gasteiger partial charge on any atom is 0.0489 e. The van der Waals surface area contributed by atoms with E-state index in [1.54, 1.807) is 0 Å². The lowest BCUT2D eigenvalue weighted by molar-refractivity contribution is 0.616. The van der Waals surface area contributed by atoms with Crippen molar-refractivity contribution in [3.8, 4) is 0 Å². The van der Waals surface area contributed by atoms with Crippen molar-refractivity contribution in [3.63, 3.8) is 0 Å². The first-order valence-electron chi connectivity index (χ1n) is 5.74. The minimum atomic E-state index is 0.656. The van der Waals surface area contributed by atoms with Crippen LogP contribution in [0, 0.1) is 12.8 Å². The normalized spacial score (nSPS) is 17.5. The summed E-state index contributed by atoms with van der Waals surface area (Å²) in [4.78, 5) is 0. The fourth-order valence-corrected chi connectivity index (χ4v) is 2.39. The summed E-state index contributed by atoms with van der Waals surface area (Å²) in [5, 5.41) is 3.65. The fraction of sp³-hybridized carbons (Fsp3) is 0.538. The van der Waals surface area contributed by atoms with Gasteiger partial charge in [0.05, 0.1) is 0 Å². The fourth-order valence-electron chi connectivity index (χ4n) is 2.01. The lowest BCUT2D eigenvalue weighted by atomic mass is 10.1. The van der Waals surface area contributed by atoms with E-state index >= 15 is 0 Å². The van der Waals surface area contributed by atoms with E-state index < -0.39 is 0 Å². The standard InChI is InChI=1S/C13H18BrN/c1-3-11(10-7-8-10)15-12-6-4-5-9(2)13(12)14/h4-6,10-11,15H,3,7-8H2,1-2H3. The third kappa shape index (κ3) is 2.54. The van der Waals surface area contributed by atoms with Crippen molar-refractivity contribution >= 4 is 21.6 Å². The molecule has 1 aromatic rings. The van der Waals surface area contributed by atoms with Crippen LogP contribution in [0.4, 0.5) is 5.69 Å². The zero-order chi connectivity index (χ0) is 10.8. The second-order valence-electron chi connectivity index (χ2n) is 4.43. The maximum absolute atomic E-state index is 3.65. The molecule has 0 saturated heterocycles. The molecule has 2 rings (SSSR count). The summed E-state index contributed by atoms with van der Waals surface area (Å²) in [7, 11) is 0. The molecule has 0 spiro atoms. The van der Waals surface area contributed by atoms with Crippen molar-refractivity contribution in [2.45, 2.75) is 39.2 Å². The molecule has 82 valence electrons. The first-order valence-corrected chi connectivity index (χ1v) is 6.53. The molecule has 1 fully saturated rings. The first kappa shape index (κ1) is 11.0. The summed E-state index contributed by atoms with van der Waals surface area (Å²) in [6, 6.07) is 7.06. The quantitative estimate of drug-likeness (QED) is 0.855. The Labute approximate surface area is 100 Å². The zero-order valence-corrected chi connectivity index (χ0v) is 11.0. The molecular formula is C13H18BrN. The molecule has 1 N–H and O–H groups in total. The van der Waals surface area contributed by atoms with Crippen LogP contribution in [0.15, 0.2) is 22.7 Å². The van der Waals surface area contributed by atoms with Gasteiger partial charge in [0.25, 0.3) is 0 Å². The number of hydrogen-bond donors (Lipinski definition) is 1. The number of benzene rings is 1. The van der Waals surface area contributed by atoms with Crippen molar-refractivity contribution < 1.29 is 0 Å². The van der Waals surface area contributed by atoms with Gasteiger partial charge in [0.15, 0.2) is 0 Å². The van der Waals surface area contributed by atoms with Crippen LogP contribution < -0.4 is 5.32 Å². The van der Waals surface area contributed by atoms with Gasteiger partial charge in [-0.2, -0.15) is 0 Å². The molecule has 15 heavy (non-hydrogen) atoms. The van der Waals surface area contributed by atoms with Crippen LogP contribution in [0.3, 0.4) is 0 Å². The molecule has 1 aliphatic rings. The van der Waals surface area contributed by atoms with Crippen molar-refractivity contribution in [2.75, 3.05) is 5.32 Å². The van der Waals surface area contributed by atoms with E-state index in [4.69, 9.17) is 0 Å². The van der Waals surface area contributed by atoms with Crippen LogP contribution in [0.2, 0.25) is 0 Å². The Morgan fingerprint density at radius 3 is 2.80 bits per heavy atom. The highest BCUT2D eigenvalue weighted by atomic mass is 79.9. The minimum absolute atomic E-state index is 0.656. The van der Waals surface area contributed by atoms with Gasteiger partial charge in [0.2, 0.25) is 0 Å². The van der Waals surface area contributed by atoms with Crippen molar-refractivity contribution in [1.29, 1.82) is 0 Å². The van der Waals surface area contributed by atoms with Gasteiger partial charge in [-0.1, -0.05) is 19.1 Å². The predicted molar refractivity (Wildman–Crippen MR) is 69.3 cm³/mol. The van der Waals surface area contributed by atoms with Gasteiger partial charge >= 0.3 is 0 Å². The minimum Gasteiger partial charge on any atom is -0.381 e. The van der Waals surface area contributed by atoms with E-state index in [2.05, 4.69) is 53.3 Å². The van der Waals surface area contributed by atoms with Gasteiger partial charge in [0, 0.05) is 16.2 Å². The third-order valence-corrected chi connectivity index (χ3v) is 4.22. The van der Waals surface area contributed by atoms with Crippen molar-refractivity contribution in [3.05, 3.63) is 28.2 Å². The first-order chi connectivity index (χ1) is 7.22. The van der Waals surface area contributed by atoms with Gasteiger partial charge < -0.3 is 5.32 Å². The van der Waals surface area contributed by atoms with E-state index in [9.17, 15) is 0 Å². The Hall–Kier alpha value is -0.500. The van der Waals surface area contributed by atoms with E-state index in [0.29, 0.717) is 6.04 Å². The number of nitrogens with one attached hydrogen (secondary N) is 1. The molecule has 1 nitrogen and oxygen atoms in total. The number of hydrogen-bond acceptors (Lipinski definition) is 1. The monoisotopic (exact) mass is 267 g/mol. The summed E-state index contributed by atoms with van der Waals surface area (Å²) in [6.07, 6.45) is 4.01.